The molecular formula is C7H15N5O2S. The number of hydrogen-bond acceptors (Lipinski definition) is 5. The molecule has 15 heavy (non-hydrogen) atoms. The van der Waals surface area contributed by atoms with Gasteiger partial charge in [0.1, 0.15) is 0 Å². The number of sulfonamides is 1. The van der Waals surface area contributed by atoms with E-state index >= 15 is 0 Å². The Morgan fingerprint density at radius 1 is 1.60 bits per heavy atom. The van der Waals surface area contributed by atoms with Crippen molar-refractivity contribution in [2.45, 2.75) is 13.0 Å². The van der Waals surface area contributed by atoms with Crippen LogP contribution >= 0.6 is 0 Å². The lowest BCUT2D eigenvalue weighted by Crippen LogP contribution is -2.22. The molecule has 0 radical (unpaired) electrons. The molecule has 1 aromatic heterocycles. The molecule has 7 nitrogen and oxygen atoms in total. The van der Waals surface area contributed by atoms with Crippen molar-refractivity contribution in [3.63, 3.8) is 0 Å². The maximum absolute atomic E-state index is 10.6. The van der Waals surface area contributed by atoms with Crippen LogP contribution in [0.4, 0.5) is 0 Å². The summed E-state index contributed by atoms with van der Waals surface area (Å²) in [7, 11) is -1.55. The average Bonchev–Trinajstić information content (AvgIpc) is 2.49. The van der Waals surface area contributed by atoms with Crippen LogP contribution in [0.25, 0.3) is 0 Å². The Morgan fingerprint density at radius 2 is 2.33 bits per heavy atom. The smallest absolute Gasteiger partial charge is 0.209 e. The predicted octanol–water partition coefficient (Wildman–Crippen LogP) is -1.42. The first kappa shape index (κ1) is 12.1. The molecule has 0 atom stereocenters. The monoisotopic (exact) mass is 233 g/mol. The van der Waals surface area contributed by atoms with E-state index in [1.807, 2.05) is 0 Å². The average molecular weight is 233 g/mol. The van der Waals surface area contributed by atoms with Gasteiger partial charge in [-0.3, -0.25) is 4.68 Å². The number of nitrogens with two attached hydrogens (primary N) is 1. The minimum absolute atomic E-state index is 0.000465. The molecular weight excluding hydrogens is 218 g/mol. The lowest BCUT2D eigenvalue weighted by atomic mass is 10.4. The van der Waals surface area contributed by atoms with Crippen LogP contribution < -0.4 is 10.5 Å². The van der Waals surface area contributed by atoms with E-state index in [1.54, 1.807) is 17.9 Å². The Morgan fingerprint density at radius 3 is 2.87 bits per heavy atom. The van der Waals surface area contributed by atoms with Crippen molar-refractivity contribution in [3.05, 3.63) is 11.9 Å². The minimum Gasteiger partial charge on any atom is -0.311 e. The van der Waals surface area contributed by atoms with Crippen molar-refractivity contribution in [3.8, 4) is 0 Å². The Hall–Kier alpha value is -0.990. The molecule has 3 N–H and O–H groups in total. The van der Waals surface area contributed by atoms with Crippen LogP contribution in [-0.2, 0) is 23.6 Å². The highest BCUT2D eigenvalue weighted by molar-refractivity contribution is 7.89. The zero-order valence-corrected chi connectivity index (χ0v) is 9.37. The molecule has 0 saturated carbocycles. The molecule has 8 heteroatoms. The van der Waals surface area contributed by atoms with Crippen molar-refractivity contribution < 1.29 is 8.42 Å². The molecule has 1 aromatic rings. The topological polar surface area (TPSA) is 103 Å². The fraction of sp³-hybridized carbons (Fsp3) is 0.714. The quantitative estimate of drug-likeness (QED) is 0.587. The van der Waals surface area contributed by atoms with Gasteiger partial charge >= 0.3 is 0 Å². The van der Waals surface area contributed by atoms with Gasteiger partial charge in [0, 0.05) is 19.8 Å². The number of nitrogens with one attached hydrogen (secondary N) is 1. The second kappa shape index (κ2) is 5.19. The molecule has 0 aliphatic carbocycles. The summed E-state index contributed by atoms with van der Waals surface area (Å²) < 4.78 is 22.8. The standard InChI is InChI=1S/C7H15N5O2S/c1-12-6-7(10-11-12)5-9-3-2-4-15(8,13)14/h6,9H,2-5H2,1H3,(H2,8,13,14). The zero-order chi connectivity index (χ0) is 11.3. The molecule has 0 spiro atoms. The van der Waals surface area contributed by atoms with Crippen LogP contribution in [0, 0.1) is 0 Å². The van der Waals surface area contributed by atoms with Crippen LogP contribution in [0.3, 0.4) is 0 Å². The molecule has 0 bridgehead atoms. The summed E-state index contributed by atoms with van der Waals surface area (Å²) in [6.45, 7) is 1.17. The van der Waals surface area contributed by atoms with Gasteiger partial charge in [0.2, 0.25) is 10.0 Å². The lowest BCUT2D eigenvalue weighted by molar-refractivity contribution is 0.589. The fourth-order valence-electron chi connectivity index (χ4n) is 1.09. The van der Waals surface area contributed by atoms with E-state index in [2.05, 4.69) is 15.6 Å². The zero-order valence-electron chi connectivity index (χ0n) is 8.55. The molecule has 0 aliphatic heterocycles. The molecule has 1 rings (SSSR count). The number of primary sulfonamides is 1. The van der Waals surface area contributed by atoms with Crippen LogP contribution in [-0.4, -0.2) is 35.7 Å². The highest BCUT2D eigenvalue weighted by Gasteiger charge is 2.02. The molecule has 0 amide bonds. The first-order valence-corrected chi connectivity index (χ1v) is 6.25. The second-order valence-electron chi connectivity index (χ2n) is 3.28. The van der Waals surface area contributed by atoms with Crippen molar-refractivity contribution in [1.29, 1.82) is 0 Å². The van der Waals surface area contributed by atoms with E-state index in [4.69, 9.17) is 5.14 Å². The van der Waals surface area contributed by atoms with Gasteiger partial charge < -0.3 is 5.32 Å². The Labute approximate surface area is 88.7 Å². The first-order chi connectivity index (χ1) is 6.97. The maximum Gasteiger partial charge on any atom is 0.209 e. The summed E-state index contributed by atoms with van der Waals surface area (Å²) in [4.78, 5) is 0. The summed E-state index contributed by atoms with van der Waals surface area (Å²) >= 11 is 0. The Kier molecular flexibility index (Phi) is 4.18. The van der Waals surface area contributed by atoms with Gasteiger partial charge in [-0.25, -0.2) is 13.6 Å². The number of nitrogens with zero attached hydrogens (tertiary/aromatic N) is 3. The van der Waals surface area contributed by atoms with Gasteiger partial charge in [0.15, 0.2) is 0 Å². The molecule has 0 unspecified atom stereocenters. The highest BCUT2D eigenvalue weighted by atomic mass is 32.2. The molecule has 0 aromatic carbocycles. The molecule has 1 heterocycles. The molecule has 0 saturated heterocycles. The Balaban J connectivity index is 2.12. The summed E-state index contributed by atoms with van der Waals surface area (Å²) in [6.07, 6.45) is 2.30. The van der Waals surface area contributed by atoms with E-state index in [0.29, 0.717) is 19.5 Å². The maximum atomic E-state index is 10.6. The van der Waals surface area contributed by atoms with E-state index in [9.17, 15) is 8.42 Å². The third-order valence-corrected chi connectivity index (χ3v) is 2.60. The van der Waals surface area contributed by atoms with Crippen molar-refractivity contribution in [2.75, 3.05) is 12.3 Å². The SMILES string of the molecule is Cn1cc(CNCCCS(N)(=O)=O)nn1. The number of rotatable bonds is 6. The highest BCUT2D eigenvalue weighted by Crippen LogP contribution is 1.90. The van der Waals surface area contributed by atoms with Gasteiger partial charge in [-0.05, 0) is 13.0 Å². The third-order valence-electron chi connectivity index (χ3n) is 1.74. The summed E-state index contributed by atoms with van der Waals surface area (Å²) in [5, 5.41) is 15.5. The van der Waals surface area contributed by atoms with Crippen molar-refractivity contribution in [1.82, 2.24) is 20.3 Å². The van der Waals surface area contributed by atoms with Gasteiger partial charge in [-0.15, -0.1) is 5.10 Å². The van der Waals surface area contributed by atoms with E-state index in [-0.39, 0.29) is 5.75 Å². The molecule has 86 valence electrons. The molecule has 0 aliphatic rings. The van der Waals surface area contributed by atoms with Crippen LogP contribution in [0.1, 0.15) is 12.1 Å². The number of hydrogen-bond donors (Lipinski definition) is 2. The Bertz CT molecular complexity index is 399. The normalized spacial score (nSPS) is 11.9. The van der Waals surface area contributed by atoms with E-state index < -0.39 is 10.0 Å². The van der Waals surface area contributed by atoms with Crippen LogP contribution in [0.2, 0.25) is 0 Å². The van der Waals surface area contributed by atoms with Crippen molar-refractivity contribution in [2.24, 2.45) is 12.2 Å². The lowest BCUT2D eigenvalue weighted by Gasteiger charge is -2.00. The summed E-state index contributed by atoms with van der Waals surface area (Å²) in [5.74, 6) is 0.000465. The fourth-order valence-corrected chi connectivity index (χ4v) is 1.64. The van der Waals surface area contributed by atoms with Crippen LogP contribution in [0.5, 0.6) is 0 Å². The number of aryl methyl sites for hydroxylation is 1. The van der Waals surface area contributed by atoms with E-state index in [0.717, 1.165) is 5.69 Å². The third kappa shape index (κ3) is 5.45. The number of aromatic nitrogens is 3. The minimum atomic E-state index is -3.34. The summed E-state index contributed by atoms with van der Waals surface area (Å²) in [6, 6.07) is 0. The largest absolute Gasteiger partial charge is 0.311 e. The van der Waals surface area contributed by atoms with E-state index in [1.165, 1.54) is 0 Å². The molecule has 0 fully saturated rings. The van der Waals surface area contributed by atoms with Crippen LogP contribution in [0.15, 0.2) is 6.20 Å². The summed E-state index contributed by atoms with van der Waals surface area (Å²) in [5.41, 5.74) is 0.827. The van der Waals surface area contributed by atoms with Crippen molar-refractivity contribution >= 4 is 10.0 Å². The predicted molar refractivity (Wildman–Crippen MR) is 55.3 cm³/mol. The second-order valence-corrected chi connectivity index (χ2v) is 5.01. The van der Waals surface area contributed by atoms with Gasteiger partial charge in [0.25, 0.3) is 0 Å². The van der Waals surface area contributed by atoms with Gasteiger partial charge in [0.05, 0.1) is 11.4 Å². The van der Waals surface area contributed by atoms with Gasteiger partial charge in [-0.1, -0.05) is 5.21 Å². The first-order valence-electron chi connectivity index (χ1n) is 4.54. The van der Waals surface area contributed by atoms with Gasteiger partial charge in [-0.2, -0.15) is 0 Å².